The zero-order valence-corrected chi connectivity index (χ0v) is 11.7. The number of nitrogens with one attached hydrogen (secondary N) is 1. The second-order valence-corrected chi connectivity index (χ2v) is 5.98. The molecule has 0 amide bonds. The van der Waals surface area contributed by atoms with Gasteiger partial charge in [-0.3, -0.25) is 4.98 Å². The monoisotopic (exact) mass is 265 g/mol. The lowest BCUT2D eigenvalue weighted by molar-refractivity contribution is 0.355. The molecule has 2 fully saturated rings. The van der Waals surface area contributed by atoms with Gasteiger partial charge in [-0.1, -0.05) is 11.6 Å². The Bertz CT molecular complexity index is 437. The maximum Gasteiger partial charge on any atom is 0.0851 e. The van der Waals surface area contributed by atoms with E-state index in [-0.39, 0.29) is 0 Å². The predicted octanol–water partition coefficient (Wildman–Crippen LogP) is 2.76. The number of aromatic nitrogens is 1. The van der Waals surface area contributed by atoms with E-state index in [2.05, 4.69) is 22.2 Å². The van der Waals surface area contributed by atoms with Crippen molar-refractivity contribution < 1.29 is 0 Å². The first-order valence-electron chi connectivity index (χ1n) is 6.75. The van der Waals surface area contributed by atoms with Crippen LogP contribution in [-0.2, 0) is 0 Å². The third kappa shape index (κ3) is 2.10. The van der Waals surface area contributed by atoms with Crippen LogP contribution in [0.15, 0.2) is 12.3 Å². The van der Waals surface area contributed by atoms with E-state index in [1.165, 1.54) is 25.7 Å². The van der Waals surface area contributed by atoms with Gasteiger partial charge in [-0.15, -0.1) is 0 Å². The van der Waals surface area contributed by atoms with Crippen molar-refractivity contribution in [2.45, 2.75) is 50.7 Å². The number of hydrogen-bond acceptors (Lipinski definition) is 3. The van der Waals surface area contributed by atoms with Gasteiger partial charge >= 0.3 is 0 Å². The molecule has 0 radical (unpaired) electrons. The summed E-state index contributed by atoms with van der Waals surface area (Å²) in [6.45, 7) is 1.96. The first-order valence-corrected chi connectivity index (χ1v) is 7.13. The Kier molecular flexibility index (Phi) is 3.20. The van der Waals surface area contributed by atoms with Crippen LogP contribution in [0, 0.1) is 6.92 Å². The molecule has 98 valence electrons. The molecule has 1 aromatic rings. The highest BCUT2D eigenvalue weighted by Crippen LogP contribution is 2.34. The third-order valence-electron chi connectivity index (χ3n) is 4.42. The van der Waals surface area contributed by atoms with Crippen molar-refractivity contribution in [1.82, 2.24) is 10.3 Å². The third-order valence-corrected chi connectivity index (χ3v) is 4.89. The Morgan fingerprint density at radius 1 is 1.33 bits per heavy atom. The molecule has 2 saturated heterocycles. The van der Waals surface area contributed by atoms with Crippen molar-refractivity contribution >= 4 is 17.3 Å². The molecular weight excluding hydrogens is 246 g/mol. The van der Waals surface area contributed by atoms with Crippen LogP contribution in [0.3, 0.4) is 0 Å². The zero-order chi connectivity index (χ0) is 12.7. The van der Waals surface area contributed by atoms with Gasteiger partial charge in [0.1, 0.15) is 0 Å². The van der Waals surface area contributed by atoms with Crippen molar-refractivity contribution in [2.24, 2.45) is 0 Å². The highest BCUT2D eigenvalue weighted by atomic mass is 35.5. The predicted molar refractivity (Wildman–Crippen MR) is 75.4 cm³/mol. The summed E-state index contributed by atoms with van der Waals surface area (Å²) < 4.78 is 0. The summed E-state index contributed by atoms with van der Waals surface area (Å²) in [5, 5.41) is 4.48. The van der Waals surface area contributed by atoms with Crippen molar-refractivity contribution in [3.8, 4) is 0 Å². The van der Waals surface area contributed by atoms with E-state index in [4.69, 9.17) is 11.6 Å². The standard InChI is InChI=1S/C14H20ClN3/c1-9-14(15)13(5-6-16-9)18(2)12-7-10-3-4-11(8-12)17-10/h5-6,10-12,17H,3-4,7-8H2,1-2H3. The van der Waals surface area contributed by atoms with Crippen molar-refractivity contribution in [3.05, 3.63) is 23.0 Å². The fourth-order valence-corrected chi connectivity index (χ4v) is 3.59. The largest absolute Gasteiger partial charge is 0.370 e. The van der Waals surface area contributed by atoms with Gasteiger partial charge in [0.05, 0.1) is 16.4 Å². The molecule has 0 spiro atoms. The molecule has 3 nitrogen and oxygen atoms in total. The van der Waals surface area contributed by atoms with E-state index in [0.29, 0.717) is 18.1 Å². The highest BCUT2D eigenvalue weighted by molar-refractivity contribution is 6.33. The first kappa shape index (κ1) is 12.2. The van der Waals surface area contributed by atoms with Gasteiger partial charge < -0.3 is 10.2 Å². The molecule has 2 aliphatic heterocycles. The Morgan fingerprint density at radius 3 is 2.67 bits per heavy atom. The molecule has 3 rings (SSSR count). The van der Waals surface area contributed by atoms with Gasteiger partial charge in [-0.25, -0.2) is 0 Å². The molecule has 0 aromatic carbocycles. The van der Waals surface area contributed by atoms with Crippen LogP contribution in [0.4, 0.5) is 5.69 Å². The van der Waals surface area contributed by atoms with E-state index in [0.717, 1.165) is 16.4 Å². The minimum atomic E-state index is 0.600. The second-order valence-electron chi connectivity index (χ2n) is 5.60. The molecule has 2 bridgehead atoms. The molecule has 4 heteroatoms. The van der Waals surface area contributed by atoms with Crippen LogP contribution >= 0.6 is 11.6 Å². The van der Waals surface area contributed by atoms with Crippen molar-refractivity contribution in [2.75, 3.05) is 11.9 Å². The summed E-state index contributed by atoms with van der Waals surface area (Å²) in [6, 6.07) is 4.04. The van der Waals surface area contributed by atoms with Crippen LogP contribution in [0.2, 0.25) is 5.02 Å². The lowest BCUT2D eigenvalue weighted by atomic mass is 9.98. The van der Waals surface area contributed by atoms with Gasteiger partial charge in [0.2, 0.25) is 0 Å². The fourth-order valence-electron chi connectivity index (χ4n) is 3.35. The van der Waals surface area contributed by atoms with E-state index in [1.54, 1.807) is 0 Å². The zero-order valence-electron chi connectivity index (χ0n) is 11.0. The van der Waals surface area contributed by atoms with Crippen LogP contribution in [0.1, 0.15) is 31.4 Å². The van der Waals surface area contributed by atoms with E-state index in [9.17, 15) is 0 Å². The quantitative estimate of drug-likeness (QED) is 0.891. The molecule has 2 unspecified atom stereocenters. The van der Waals surface area contributed by atoms with Gasteiger partial charge in [0, 0.05) is 31.4 Å². The normalized spacial score (nSPS) is 30.5. The lowest BCUT2D eigenvalue weighted by Gasteiger charge is -2.37. The lowest BCUT2D eigenvalue weighted by Crippen LogP contribution is -2.47. The Morgan fingerprint density at radius 2 is 2.00 bits per heavy atom. The Labute approximate surface area is 114 Å². The summed E-state index contributed by atoms with van der Waals surface area (Å²) in [6.07, 6.45) is 6.97. The van der Waals surface area contributed by atoms with E-state index >= 15 is 0 Å². The number of fused-ring (bicyclic) bond motifs is 2. The number of rotatable bonds is 2. The Balaban J connectivity index is 1.82. The first-order chi connectivity index (χ1) is 8.65. The van der Waals surface area contributed by atoms with Crippen molar-refractivity contribution in [3.63, 3.8) is 0 Å². The van der Waals surface area contributed by atoms with Crippen LogP contribution in [0.25, 0.3) is 0 Å². The Hall–Kier alpha value is -0.800. The summed E-state index contributed by atoms with van der Waals surface area (Å²) in [5.41, 5.74) is 2.04. The van der Waals surface area contributed by atoms with Gasteiger partial charge in [-0.2, -0.15) is 0 Å². The topological polar surface area (TPSA) is 28.2 Å². The molecular formula is C14H20ClN3. The average molecular weight is 266 g/mol. The average Bonchev–Trinajstić information content (AvgIpc) is 2.71. The molecule has 0 saturated carbocycles. The number of anilines is 1. The molecule has 1 N–H and O–H groups in total. The second kappa shape index (κ2) is 4.71. The number of halogens is 1. The van der Waals surface area contributed by atoms with Gasteiger partial charge in [0.15, 0.2) is 0 Å². The fraction of sp³-hybridized carbons (Fsp3) is 0.643. The molecule has 18 heavy (non-hydrogen) atoms. The van der Waals surface area contributed by atoms with Crippen LogP contribution in [0.5, 0.6) is 0 Å². The van der Waals surface area contributed by atoms with Crippen molar-refractivity contribution in [1.29, 1.82) is 0 Å². The smallest absolute Gasteiger partial charge is 0.0851 e. The molecule has 2 aliphatic rings. The van der Waals surface area contributed by atoms with Crippen LogP contribution < -0.4 is 10.2 Å². The number of aryl methyl sites for hydroxylation is 1. The van der Waals surface area contributed by atoms with Gasteiger partial charge in [0.25, 0.3) is 0 Å². The SMILES string of the molecule is Cc1nccc(N(C)C2CC3CCC(C2)N3)c1Cl. The summed E-state index contributed by atoms with van der Waals surface area (Å²) in [7, 11) is 2.16. The minimum Gasteiger partial charge on any atom is -0.370 e. The number of pyridine rings is 1. The number of hydrogen-bond donors (Lipinski definition) is 1. The molecule has 3 heterocycles. The maximum atomic E-state index is 6.38. The summed E-state index contributed by atoms with van der Waals surface area (Å²) >= 11 is 6.38. The minimum absolute atomic E-state index is 0.600. The summed E-state index contributed by atoms with van der Waals surface area (Å²) in [5.74, 6) is 0. The number of nitrogens with zero attached hydrogens (tertiary/aromatic N) is 2. The van der Waals surface area contributed by atoms with Gasteiger partial charge in [-0.05, 0) is 38.7 Å². The summed E-state index contributed by atoms with van der Waals surface area (Å²) in [4.78, 5) is 6.59. The highest BCUT2D eigenvalue weighted by Gasteiger charge is 2.35. The molecule has 1 aromatic heterocycles. The number of piperidine rings is 1. The maximum absolute atomic E-state index is 6.38. The molecule has 0 aliphatic carbocycles. The van der Waals surface area contributed by atoms with Crippen LogP contribution in [-0.4, -0.2) is 30.2 Å². The van der Waals surface area contributed by atoms with E-state index < -0.39 is 0 Å². The molecule has 2 atom stereocenters. The van der Waals surface area contributed by atoms with E-state index in [1.807, 2.05) is 19.2 Å².